The number of aromatic nitrogens is 1. The zero-order valence-electron chi connectivity index (χ0n) is 22.4. The van der Waals surface area contributed by atoms with E-state index < -0.39 is 11.7 Å². The molecule has 0 aliphatic rings. The molecule has 0 aromatic carbocycles. The third-order valence-electron chi connectivity index (χ3n) is 5.30. The van der Waals surface area contributed by atoms with E-state index in [1.54, 1.807) is 43.3 Å². The monoisotopic (exact) mass is 517 g/mol. The first-order chi connectivity index (χ1) is 16.9. The first-order valence-corrected chi connectivity index (χ1v) is 13.1. The minimum Gasteiger partial charge on any atom is -0.444 e. The van der Waals surface area contributed by atoms with Gasteiger partial charge in [0.2, 0.25) is 0 Å². The number of rotatable bonds is 11. The fraction of sp³-hybridized carbons (Fsp3) is 0.538. The number of anilines is 1. The summed E-state index contributed by atoms with van der Waals surface area (Å²) < 4.78 is 5.30. The number of Topliss-reactive ketones (excluding diaryl/α,β-unsaturated/α-hetero) is 1. The average molecular weight is 518 g/mol. The van der Waals surface area contributed by atoms with E-state index in [9.17, 15) is 14.4 Å². The predicted molar refractivity (Wildman–Crippen MR) is 144 cm³/mol. The molecule has 0 bridgehead atoms. The lowest BCUT2D eigenvalue weighted by Crippen LogP contribution is -2.45. The van der Waals surface area contributed by atoms with Crippen molar-refractivity contribution in [2.45, 2.75) is 65.6 Å². The number of hydrogen-bond donors (Lipinski definition) is 2. The predicted octanol–water partition coefficient (Wildman–Crippen LogP) is 4.79. The molecular weight excluding hydrogens is 478 g/mol. The summed E-state index contributed by atoms with van der Waals surface area (Å²) in [5.41, 5.74) is 1.82. The average Bonchev–Trinajstić information content (AvgIpc) is 3.21. The fourth-order valence-electron chi connectivity index (χ4n) is 3.13. The Morgan fingerprint density at radius 1 is 1.14 bits per heavy atom. The molecule has 1 atom stereocenters. The molecule has 0 saturated heterocycles. The number of urea groups is 1. The SMILES string of the molecule is CCC(C)NC(=O)N(CCN(C)C)Cc1ccc(C(=O)Cc2cscc2NC(=O)OC(C)(C)C)nc1. The Morgan fingerprint density at radius 3 is 2.44 bits per heavy atom. The van der Waals surface area contributed by atoms with Gasteiger partial charge >= 0.3 is 12.1 Å². The number of ether oxygens (including phenoxy) is 1. The number of likely N-dealkylation sites (N-methyl/N-ethyl adjacent to an activating group) is 1. The maximum absolute atomic E-state index is 12.9. The van der Waals surface area contributed by atoms with Crippen LogP contribution in [0.2, 0.25) is 0 Å². The summed E-state index contributed by atoms with van der Waals surface area (Å²) in [4.78, 5) is 45.9. The number of hydrogen-bond acceptors (Lipinski definition) is 7. The lowest BCUT2D eigenvalue weighted by Gasteiger charge is -2.26. The van der Waals surface area contributed by atoms with Crippen molar-refractivity contribution in [3.05, 3.63) is 45.9 Å². The molecule has 0 radical (unpaired) electrons. The number of thiophene rings is 1. The highest BCUT2D eigenvalue weighted by Gasteiger charge is 2.20. The molecule has 2 rings (SSSR count). The second kappa shape index (κ2) is 13.4. The fourth-order valence-corrected chi connectivity index (χ4v) is 3.92. The van der Waals surface area contributed by atoms with Gasteiger partial charge in [-0.15, -0.1) is 11.3 Å². The van der Waals surface area contributed by atoms with E-state index in [1.807, 2.05) is 44.3 Å². The van der Waals surface area contributed by atoms with E-state index >= 15 is 0 Å². The van der Waals surface area contributed by atoms with Crippen LogP contribution < -0.4 is 10.6 Å². The van der Waals surface area contributed by atoms with E-state index in [4.69, 9.17) is 4.74 Å². The number of pyridine rings is 1. The van der Waals surface area contributed by atoms with Gasteiger partial charge in [-0.05, 0) is 70.8 Å². The highest BCUT2D eigenvalue weighted by atomic mass is 32.1. The molecule has 36 heavy (non-hydrogen) atoms. The molecule has 2 aromatic rings. The summed E-state index contributed by atoms with van der Waals surface area (Å²) in [5.74, 6) is -0.161. The van der Waals surface area contributed by atoms with Crippen LogP contribution in [0, 0.1) is 0 Å². The van der Waals surface area contributed by atoms with Crippen molar-refractivity contribution in [3.63, 3.8) is 0 Å². The van der Waals surface area contributed by atoms with E-state index in [1.165, 1.54) is 11.3 Å². The molecule has 10 heteroatoms. The first-order valence-electron chi connectivity index (χ1n) is 12.1. The van der Waals surface area contributed by atoms with E-state index in [-0.39, 0.29) is 24.3 Å². The topological polar surface area (TPSA) is 104 Å². The Balaban J connectivity index is 2.04. The van der Waals surface area contributed by atoms with Crippen LogP contribution in [0.3, 0.4) is 0 Å². The Hall–Kier alpha value is -2.98. The van der Waals surface area contributed by atoms with Gasteiger partial charge in [0.25, 0.3) is 0 Å². The van der Waals surface area contributed by atoms with Gasteiger partial charge in [-0.3, -0.25) is 15.1 Å². The van der Waals surface area contributed by atoms with Crippen molar-refractivity contribution in [1.82, 2.24) is 20.1 Å². The quantitative estimate of drug-likeness (QED) is 0.416. The van der Waals surface area contributed by atoms with Crippen molar-refractivity contribution in [3.8, 4) is 0 Å². The summed E-state index contributed by atoms with van der Waals surface area (Å²) in [6.07, 6.45) is 2.03. The zero-order valence-corrected chi connectivity index (χ0v) is 23.2. The second-order valence-electron chi connectivity index (χ2n) is 10.1. The van der Waals surface area contributed by atoms with E-state index in [0.29, 0.717) is 30.0 Å². The summed E-state index contributed by atoms with van der Waals surface area (Å²) in [7, 11) is 3.93. The summed E-state index contributed by atoms with van der Waals surface area (Å²) >= 11 is 1.40. The van der Waals surface area contributed by atoms with Crippen LogP contribution >= 0.6 is 11.3 Å². The molecule has 0 fully saturated rings. The third-order valence-corrected chi connectivity index (χ3v) is 6.09. The Morgan fingerprint density at radius 2 is 1.86 bits per heavy atom. The number of carbonyl (C=O) groups is 3. The van der Waals surface area contributed by atoms with E-state index in [2.05, 4.69) is 15.6 Å². The van der Waals surface area contributed by atoms with Gasteiger partial charge in [0.15, 0.2) is 5.78 Å². The van der Waals surface area contributed by atoms with Crippen LogP contribution in [0.25, 0.3) is 0 Å². The van der Waals surface area contributed by atoms with Crippen LogP contribution in [0.15, 0.2) is 29.1 Å². The summed E-state index contributed by atoms with van der Waals surface area (Å²) in [6.45, 7) is 11.1. The van der Waals surface area contributed by atoms with Gasteiger partial charge in [-0.1, -0.05) is 13.0 Å². The van der Waals surface area contributed by atoms with Gasteiger partial charge in [0.05, 0.1) is 5.69 Å². The minimum absolute atomic E-state index is 0.0873. The van der Waals surface area contributed by atoms with E-state index in [0.717, 1.165) is 18.5 Å². The smallest absolute Gasteiger partial charge is 0.412 e. The first kappa shape index (κ1) is 29.3. The maximum Gasteiger partial charge on any atom is 0.412 e. The van der Waals surface area contributed by atoms with Crippen molar-refractivity contribution < 1.29 is 19.1 Å². The molecule has 0 aliphatic heterocycles. The Kier molecular flexibility index (Phi) is 10.9. The minimum atomic E-state index is -0.612. The number of carbonyl (C=O) groups excluding carboxylic acids is 3. The number of ketones is 1. The van der Waals surface area contributed by atoms with Gasteiger partial charge in [-0.25, -0.2) is 9.59 Å². The molecule has 2 heterocycles. The maximum atomic E-state index is 12.9. The van der Waals surface area contributed by atoms with Gasteiger partial charge in [0.1, 0.15) is 11.3 Å². The summed E-state index contributed by atoms with van der Waals surface area (Å²) in [5, 5.41) is 9.33. The van der Waals surface area contributed by atoms with Crippen LogP contribution in [0.4, 0.5) is 15.3 Å². The van der Waals surface area contributed by atoms with Crippen molar-refractivity contribution in [2.75, 3.05) is 32.5 Å². The number of nitrogens with zero attached hydrogens (tertiary/aromatic N) is 3. The van der Waals surface area contributed by atoms with Crippen molar-refractivity contribution >= 4 is 34.9 Å². The highest BCUT2D eigenvalue weighted by molar-refractivity contribution is 7.08. The van der Waals surface area contributed by atoms with Gasteiger partial charge in [-0.2, -0.15) is 0 Å². The molecule has 0 spiro atoms. The molecule has 2 aromatic heterocycles. The number of amides is 3. The molecule has 0 aliphatic carbocycles. The Bertz CT molecular complexity index is 1010. The van der Waals surface area contributed by atoms with Crippen LogP contribution in [-0.2, 0) is 17.7 Å². The van der Waals surface area contributed by atoms with Crippen LogP contribution in [0.5, 0.6) is 0 Å². The summed E-state index contributed by atoms with van der Waals surface area (Å²) in [6, 6.07) is 3.48. The van der Waals surface area contributed by atoms with Crippen molar-refractivity contribution in [2.24, 2.45) is 0 Å². The highest BCUT2D eigenvalue weighted by Crippen LogP contribution is 2.23. The Labute approximate surface area is 218 Å². The van der Waals surface area contributed by atoms with Crippen LogP contribution in [-0.4, -0.2) is 71.5 Å². The van der Waals surface area contributed by atoms with Gasteiger partial charge in [0, 0.05) is 43.7 Å². The second-order valence-corrected chi connectivity index (χ2v) is 10.8. The number of nitrogens with one attached hydrogen (secondary N) is 2. The largest absolute Gasteiger partial charge is 0.444 e. The molecule has 3 amide bonds. The molecular formula is C26H39N5O4S. The normalized spacial score (nSPS) is 12.2. The molecule has 198 valence electrons. The molecule has 9 nitrogen and oxygen atoms in total. The van der Waals surface area contributed by atoms with Gasteiger partial charge < -0.3 is 19.9 Å². The van der Waals surface area contributed by atoms with Crippen molar-refractivity contribution in [1.29, 1.82) is 0 Å². The molecule has 2 N–H and O–H groups in total. The third kappa shape index (κ3) is 9.94. The van der Waals surface area contributed by atoms with Crippen LogP contribution in [0.1, 0.15) is 62.7 Å². The lowest BCUT2D eigenvalue weighted by atomic mass is 10.1. The molecule has 1 unspecified atom stereocenters. The lowest BCUT2D eigenvalue weighted by molar-refractivity contribution is 0.0635. The standard InChI is InChI=1S/C26H39N5O4S/c1-8-18(2)28-24(33)31(12-11-30(6)7)15-19-9-10-21(27-14-19)23(32)13-20-16-36-17-22(20)29-25(34)35-26(3,4)5/h9-10,14,16-18H,8,11-13,15H2,1-7H3,(H,28,33)(H,29,34). The molecule has 0 saturated carbocycles. The zero-order chi connectivity index (χ0) is 26.9.